The summed E-state index contributed by atoms with van der Waals surface area (Å²) >= 11 is 0. The maximum absolute atomic E-state index is 3.48. The molecule has 0 saturated heterocycles. The van der Waals surface area contributed by atoms with Crippen LogP contribution in [0, 0.1) is 5.92 Å². The third kappa shape index (κ3) is 0.998. The highest BCUT2D eigenvalue weighted by atomic mass is 14.9. The summed E-state index contributed by atoms with van der Waals surface area (Å²) < 4.78 is 0. The molecule has 0 bridgehead atoms. The van der Waals surface area contributed by atoms with Crippen molar-refractivity contribution in [1.82, 2.24) is 0 Å². The van der Waals surface area contributed by atoms with Gasteiger partial charge >= 0.3 is 0 Å². The lowest BCUT2D eigenvalue weighted by atomic mass is 9.84. The summed E-state index contributed by atoms with van der Waals surface area (Å²) in [6, 6.07) is 8.69. The average molecular weight is 171 g/mol. The number of anilines is 1. The van der Waals surface area contributed by atoms with Crippen molar-refractivity contribution in [2.24, 2.45) is 5.92 Å². The lowest BCUT2D eigenvalue weighted by Gasteiger charge is -2.29. The number of fused-ring (bicyclic) bond motifs is 3. The standard InChI is InChI=1S/C12H13N/c1-2-7-12-11(5-1)10-6-3-4-9(10)8-13-12/h1-5,7,9-10,13H,6,8H2. The molecule has 1 aromatic rings. The molecule has 0 aromatic heterocycles. The highest BCUT2D eigenvalue weighted by Gasteiger charge is 2.29. The highest BCUT2D eigenvalue weighted by molar-refractivity contribution is 5.56. The number of nitrogens with one attached hydrogen (secondary N) is 1. The molecular weight excluding hydrogens is 158 g/mol. The van der Waals surface area contributed by atoms with E-state index in [0.29, 0.717) is 0 Å². The summed E-state index contributed by atoms with van der Waals surface area (Å²) in [6.07, 6.45) is 5.90. The molecule has 0 saturated carbocycles. The first-order valence-electron chi connectivity index (χ1n) is 4.94. The van der Waals surface area contributed by atoms with Crippen molar-refractivity contribution in [2.45, 2.75) is 12.3 Å². The number of allylic oxidation sites excluding steroid dienone is 1. The second kappa shape index (κ2) is 2.63. The van der Waals surface area contributed by atoms with Crippen LogP contribution in [-0.4, -0.2) is 6.54 Å². The number of rotatable bonds is 0. The van der Waals surface area contributed by atoms with Gasteiger partial charge in [-0.15, -0.1) is 0 Å². The minimum Gasteiger partial charge on any atom is -0.384 e. The normalized spacial score (nSPS) is 29.2. The first-order chi connectivity index (χ1) is 6.45. The highest BCUT2D eigenvalue weighted by Crippen LogP contribution is 2.41. The van der Waals surface area contributed by atoms with E-state index in [-0.39, 0.29) is 0 Å². The maximum atomic E-state index is 3.48. The number of hydrogen-bond donors (Lipinski definition) is 1. The van der Waals surface area contributed by atoms with E-state index in [9.17, 15) is 0 Å². The van der Waals surface area contributed by atoms with Crippen LogP contribution in [0.1, 0.15) is 17.9 Å². The fourth-order valence-electron chi connectivity index (χ4n) is 2.49. The van der Waals surface area contributed by atoms with Crippen molar-refractivity contribution in [3.8, 4) is 0 Å². The van der Waals surface area contributed by atoms with Gasteiger partial charge in [0, 0.05) is 18.2 Å². The third-order valence-electron chi connectivity index (χ3n) is 3.18. The number of hydrogen-bond acceptors (Lipinski definition) is 1. The fraction of sp³-hybridized carbons (Fsp3) is 0.333. The van der Waals surface area contributed by atoms with E-state index in [1.807, 2.05) is 0 Å². The molecule has 1 aliphatic heterocycles. The Morgan fingerprint density at radius 1 is 1.23 bits per heavy atom. The smallest absolute Gasteiger partial charge is 0.0376 e. The molecule has 1 nitrogen and oxygen atoms in total. The monoisotopic (exact) mass is 171 g/mol. The Balaban J connectivity index is 2.08. The summed E-state index contributed by atoms with van der Waals surface area (Å²) in [4.78, 5) is 0. The summed E-state index contributed by atoms with van der Waals surface area (Å²) in [6.45, 7) is 1.11. The second-order valence-corrected chi connectivity index (χ2v) is 3.90. The topological polar surface area (TPSA) is 12.0 Å². The van der Waals surface area contributed by atoms with Gasteiger partial charge in [-0.1, -0.05) is 30.4 Å². The molecule has 0 radical (unpaired) electrons. The van der Waals surface area contributed by atoms with Crippen molar-refractivity contribution in [1.29, 1.82) is 0 Å². The third-order valence-corrected chi connectivity index (χ3v) is 3.18. The molecule has 2 aliphatic rings. The Morgan fingerprint density at radius 3 is 3.15 bits per heavy atom. The van der Waals surface area contributed by atoms with Gasteiger partial charge in [0.15, 0.2) is 0 Å². The van der Waals surface area contributed by atoms with E-state index in [2.05, 4.69) is 41.7 Å². The Labute approximate surface area is 78.5 Å². The Hall–Kier alpha value is -1.24. The molecule has 3 rings (SSSR count). The lowest BCUT2D eigenvalue weighted by Crippen LogP contribution is -2.23. The van der Waals surface area contributed by atoms with Crippen LogP contribution in [0.15, 0.2) is 36.4 Å². The van der Waals surface area contributed by atoms with Gasteiger partial charge in [-0.2, -0.15) is 0 Å². The van der Waals surface area contributed by atoms with E-state index in [1.54, 1.807) is 0 Å². The van der Waals surface area contributed by atoms with E-state index >= 15 is 0 Å². The summed E-state index contributed by atoms with van der Waals surface area (Å²) in [5.41, 5.74) is 2.84. The molecule has 13 heavy (non-hydrogen) atoms. The minimum atomic E-state index is 0.731. The van der Waals surface area contributed by atoms with Crippen molar-refractivity contribution >= 4 is 5.69 Å². The van der Waals surface area contributed by atoms with E-state index < -0.39 is 0 Å². The van der Waals surface area contributed by atoms with Crippen LogP contribution in [0.3, 0.4) is 0 Å². The minimum absolute atomic E-state index is 0.731. The first kappa shape index (κ1) is 7.19. The molecule has 1 heterocycles. The zero-order chi connectivity index (χ0) is 8.67. The van der Waals surface area contributed by atoms with Gasteiger partial charge in [-0.25, -0.2) is 0 Å². The van der Waals surface area contributed by atoms with Gasteiger partial charge < -0.3 is 5.32 Å². The zero-order valence-electron chi connectivity index (χ0n) is 7.53. The van der Waals surface area contributed by atoms with Gasteiger partial charge in [0.1, 0.15) is 0 Å². The second-order valence-electron chi connectivity index (χ2n) is 3.90. The zero-order valence-corrected chi connectivity index (χ0v) is 7.53. The van der Waals surface area contributed by atoms with Crippen LogP contribution in [-0.2, 0) is 0 Å². The molecule has 2 unspecified atom stereocenters. The van der Waals surface area contributed by atoms with Gasteiger partial charge in [0.05, 0.1) is 0 Å². The van der Waals surface area contributed by atoms with Crippen molar-refractivity contribution in [3.05, 3.63) is 42.0 Å². The molecule has 2 atom stereocenters. The molecule has 1 aliphatic carbocycles. The Bertz CT molecular complexity index is 354. The van der Waals surface area contributed by atoms with Crippen LogP contribution in [0.5, 0.6) is 0 Å². The SMILES string of the molecule is C1=CC2CNc3ccccc3C2C1. The molecular formula is C12H13N. The average Bonchev–Trinajstić information content (AvgIpc) is 2.65. The van der Waals surface area contributed by atoms with Gasteiger partial charge in [-0.3, -0.25) is 0 Å². The van der Waals surface area contributed by atoms with Gasteiger partial charge in [0.2, 0.25) is 0 Å². The van der Waals surface area contributed by atoms with Crippen LogP contribution in [0.25, 0.3) is 0 Å². The van der Waals surface area contributed by atoms with Crippen LogP contribution in [0.4, 0.5) is 5.69 Å². The van der Waals surface area contributed by atoms with Gasteiger partial charge in [-0.05, 0) is 24.0 Å². The Kier molecular flexibility index (Phi) is 1.45. The van der Waals surface area contributed by atoms with E-state index in [4.69, 9.17) is 0 Å². The summed E-state index contributed by atoms with van der Waals surface area (Å²) in [5, 5.41) is 3.48. The maximum Gasteiger partial charge on any atom is 0.0376 e. The predicted molar refractivity (Wildman–Crippen MR) is 54.9 cm³/mol. The molecule has 1 aromatic carbocycles. The first-order valence-corrected chi connectivity index (χ1v) is 4.94. The van der Waals surface area contributed by atoms with E-state index in [0.717, 1.165) is 18.4 Å². The predicted octanol–water partition coefficient (Wildman–Crippen LogP) is 2.77. The molecule has 0 fully saturated rings. The number of benzene rings is 1. The number of para-hydroxylation sites is 1. The van der Waals surface area contributed by atoms with E-state index in [1.165, 1.54) is 17.7 Å². The largest absolute Gasteiger partial charge is 0.384 e. The van der Waals surface area contributed by atoms with Crippen LogP contribution >= 0.6 is 0 Å². The van der Waals surface area contributed by atoms with Crippen LogP contribution < -0.4 is 5.32 Å². The van der Waals surface area contributed by atoms with Crippen molar-refractivity contribution in [3.63, 3.8) is 0 Å². The van der Waals surface area contributed by atoms with Crippen molar-refractivity contribution < 1.29 is 0 Å². The summed E-state index contributed by atoms with van der Waals surface area (Å²) in [5.74, 6) is 1.48. The van der Waals surface area contributed by atoms with Crippen LogP contribution in [0.2, 0.25) is 0 Å². The molecule has 0 amide bonds. The molecule has 66 valence electrons. The fourth-order valence-corrected chi connectivity index (χ4v) is 2.49. The van der Waals surface area contributed by atoms with Crippen molar-refractivity contribution in [2.75, 3.05) is 11.9 Å². The molecule has 0 spiro atoms. The summed E-state index contributed by atoms with van der Waals surface area (Å²) in [7, 11) is 0. The van der Waals surface area contributed by atoms with Gasteiger partial charge in [0.25, 0.3) is 0 Å². The Morgan fingerprint density at radius 2 is 2.15 bits per heavy atom. The molecule has 1 N–H and O–H groups in total. The molecule has 1 heteroatoms. The quantitative estimate of drug-likeness (QED) is 0.592. The lowest BCUT2D eigenvalue weighted by molar-refractivity contribution is 0.548.